The van der Waals surface area contributed by atoms with Crippen LogP contribution in [0.4, 0.5) is 5.69 Å². The number of nitro groups is 1. The maximum absolute atomic E-state index is 12.8. The molecule has 1 heterocycles. The number of aromatic hydroxyl groups is 1. The van der Waals surface area contributed by atoms with E-state index in [9.17, 15) is 20.0 Å². The highest BCUT2D eigenvalue weighted by molar-refractivity contribution is 9.10. The number of rotatable bonds is 5. The molecule has 8 nitrogen and oxygen atoms in total. The Morgan fingerprint density at radius 3 is 2.65 bits per heavy atom. The molecule has 9 heteroatoms. The van der Waals surface area contributed by atoms with Gasteiger partial charge in [0.25, 0.3) is 5.69 Å². The SMILES string of the molecule is CCOc1ccc(-n2c(O)cn(-c3ccccc3[N+](=O)[O-])c2=O)cc1Br. The molecule has 0 saturated heterocycles. The van der Waals surface area contributed by atoms with Crippen LogP contribution in [0.15, 0.2) is 57.9 Å². The Morgan fingerprint density at radius 2 is 2.00 bits per heavy atom. The minimum absolute atomic E-state index is 0.0709. The first-order valence-corrected chi connectivity index (χ1v) is 8.43. The molecule has 1 aromatic heterocycles. The highest BCUT2D eigenvalue weighted by Gasteiger charge is 2.20. The molecule has 134 valence electrons. The van der Waals surface area contributed by atoms with Crippen LogP contribution >= 0.6 is 15.9 Å². The summed E-state index contributed by atoms with van der Waals surface area (Å²) in [4.78, 5) is 23.4. The van der Waals surface area contributed by atoms with Crippen molar-refractivity contribution in [3.63, 3.8) is 0 Å². The van der Waals surface area contributed by atoms with Crippen LogP contribution in [-0.2, 0) is 0 Å². The van der Waals surface area contributed by atoms with Crippen molar-refractivity contribution >= 4 is 21.6 Å². The third-order valence-electron chi connectivity index (χ3n) is 3.68. The molecule has 3 aromatic rings. The van der Waals surface area contributed by atoms with Crippen molar-refractivity contribution in [1.29, 1.82) is 0 Å². The van der Waals surface area contributed by atoms with E-state index in [0.717, 1.165) is 15.3 Å². The summed E-state index contributed by atoms with van der Waals surface area (Å²) in [5, 5.41) is 21.5. The van der Waals surface area contributed by atoms with E-state index in [1.165, 1.54) is 18.2 Å². The maximum Gasteiger partial charge on any atom is 0.340 e. The second-order valence-electron chi connectivity index (χ2n) is 5.27. The molecule has 0 aliphatic rings. The number of ether oxygens (including phenoxy) is 1. The van der Waals surface area contributed by atoms with Gasteiger partial charge in [-0.3, -0.25) is 14.7 Å². The Balaban J connectivity index is 2.15. The third kappa shape index (κ3) is 3.08. The predicted molar refractivity (Wildman–Crippen MR) is 98.6 cm³/mol. The van der Waals surface area contributed by atoms with E-state index < -0.39 is 10.6 Å². The summed E-state index contributed by atoms with van der Waals surface area (Å²) in [5.41, 5.74) is -0.408. The van der Waals surface area contributed by atoms with Crippen molar-refractivity contribution < 1.29 is 14.8 Å². The first kappa shape index (κ1) is 17.7. The highest BCUT2D eigenvalue weighted by atomic mass is 79.9. The van der Waals surface area contributed by atoms with Gasteiger partial charge >= 0.3 is 5.69 Å². The quantitative estimate of drug-likeness (QED) is 0.504. The summed E-state index contributed by atoms with van der Waals surface area (Å²) in [6.07, 6.45) is 1.15. The van der Waals surface area contributed by atoms with E-state index in [-0.39, 0.29) is 17.3 Å². The van der Waals surface area contributed by atoms with Crippen LogP contribution in [0.25, 0.3) is 11.4 Å². The zero-order valence-corrected chi connectivity index (χ0v) is 15.2. The molecule has 0 amide bonds. The van der Waals surface area contributed by atoms with Gasteiger partial charge in [0.15, 0.2) is 0 Å². The van der Waals surface area contributed by atoms with Gasteiger partial charge in [-0.2, -0.15) is 0 Å². The Kier molecular flexibility index (Phi) is 4.81. The van der Waals surface area contributed by atoms with Gasteiger partial charge in [0.1, 0.15) is 11.4 Å². The average molecular weight is 420 g/mol. The highest BCUT2D eigenvalue weighted by Crippen LogP contribution is 2.29. The number of nitro benzene ring substituents is 1. The Labute approximate surface area is 156 Å². The van der Waals surface area contributed by atoms with Gasteiger partial charge in [-0.05, 0) is 47.1 Å². The Morgan fingerprint density at radius 1 is 1.27 bits per heavy atom. The lowest BCUT2D eigenvalue weighted by atomic mass is 10.2. The Hall–Kier alpha value is -3.07. The van der Waals surface area contributed by atoms with Crippen molar-refractivity contribution in [2.24, 2.45) is 0 Å². The van der Waals surface area contributed by atoms with Gasteiger partial charge in [0.05, 0.1) is 27.9 Å². The first-order valence-electron chi connectivity index (χ1n) is 7.64. The molecule has 0 unspecified atom stereocenters. The zero-order chi connectivity index (χ0) is 18.8. The van der Waals surface area contributed by atoms with E-state index in [1.54, 1.807) is 24.3 Å². The zero-order valence-electron chi connectivity index (χ0n) is 13.6. The van der Waals surface area contributed by atoms with Gasteiger partial charge in [-0.15, -0.1) is 0 Å². The Bertz CT molecular complexity index is 1040. The van der Waals surface area contributed by atoms with E-state index in [2.05, 4.69) is 15.9 Å². The fraction of sp³-hybridized carbons (Fsp3) is 0.118. The molecule has 2 aromatic carbocycles. The molecule has 0 atom stereocenters. The van der Waals surface area contributed by atoms with E-state index in [1.807, 2.05) is 6.92 Å². The lowest BCUT2D eigenvalue weighted by molar-refractivity contribution is -0.384. The van der Waals surface area contributed by atoms with E-state index in [4.69, 9.17) is 4.74 Å². The van der Waals surface area contributed by atoms with Crippen LogP contribution in [0, 0.1) is 10.1 Å². The number of nitrogens with zero attached hydrogens (tertiary/aromatic N) is 3. The van der Waals surface area contributed by atoms with Crippen LogP contribution in [0.3, 0.4) is 0 Å². The first-order chi connectivity index (χ1) is 12.4. The smallest absolute Gasteiger partial charge is 0.340 e. The van der Waals surface area contributed by atoms with Gasteiger partial charge < -0.3 is 9.84 Å². The fourth-order valence-corrected chi connectivity index (χ4v) is 3.05. The lowest BCUT2D eigenvalue weighted by Gasteiger charge is -2.08. The summed E-state index contributed by atoms with van der Waals surface area (Å²) >= 11 is 3.36. The van der Waals surface area contributed by atoms with Crippen LogP contribution in [0.2, 0.25) is 0 Å². The van der Waals surface area contributed by atoms with Crippen molar-refractivity contribution in [2.45, 2.75) is 6.92 Å². The molecule has 0 radical (unpaired) electrons. The number of aromatic nitrogens is 2. The van der Waals surface area contributed by atoms with Crippen molar-refractivity contribution in [3.05, 3.63) is 73.7 Å². The number of halogens is 1. The lowest BCUT2D eigenvalue weighted by Crippen LogP contribution is -2.22. The molecule has 0 aliphatic carbocycles. The van der Waals surface area contributed by atoms with Gasteiger partial charge in [0.2, 0.25) is 5.88 Å². The predicted octanol–water partition coefficient (Wildman–Crippen LogP) is 3.40. The standard InChI is InChI=1S/C17H14BrN3O5/c1-2-26-15-8-7-11(9-12(15)18)20-16(22)10-19(17(20)23)13-5-3-4-6-14(13)21(24)25/h3-10,22H,2H2,1H3. The topological polar surface area (TPSA) is 99.5 Å². The summed E-state index contributed by atoms with van der Waals surface area (Å²) < 4.78 is 8.13. The minimum Gasteiger partial charge on any atom is -0.493 e. The van der Waals surface area contributed by atoms with Crippen LogP contribution < -0.4 is 10.4 Å². The molecular weight excluding hydrogens is 406 g/mol. The normalized spacial score (nSPS) is 10.7. The van der Waals surface area contributed by atoms with Gasteiger partial charge in [-0.1, -0.05) is 12.1 Å². The third-order valence-corrected chi connectivity index (χ3v) is 4.30. The van der Waals surface area contributed by atoms with E-state index in [0.29, 0.717) is 22.5 Å². The molecule has 3 rings (SSSR count). The number of benzene rings is 2. The molecule has 0 fully saturated rings. The fourth-order valence-electron chi connectivity index (χ4n) is 2.57. The summed E-state index contributed by atoms with van der Waals surface area (Å²) in [5.74, 6) is 0.256. The van der Waals surface area contributed by atoms with Crippen molar-refractivity contribution in [2.75, 3.05) is 6.61 Å². The largest absolute Gasteiger partial charge is 0.493 e. The van der Waals surface area contributed by atoms with Crippen molar-refractivity contribution in [1.82, 2.24) is 9.13 Å². The second kappa shape index (κ2) is 7.04. The van der Waals surface area contributed by atoms with Crippen molar-refractivity contribution in [3.8, 4) is 23.0 Å². The van der Waals surface area contributed by atoms with Crippen LogP contribution in [0.1, 0.15) is 6.92 Å². The molecule has 0 spiro atoms. The van der Waals surface area contributed by atoms with Gasteiger partial charge in [0, 0.05) is 6.07 Å². The molecule has 0 aliphatic heterocycles. The van der Waals surface area contributed by atoms with Crippen LogP contribution in [-0.4, -0.2) is 25.8 Å². The molecule has 0 saturated carbocycles. The number of hydrogen-bond donors (Lipinski definition) is 1. The molecule has 26 heavy (non-hydrogen) atoms. The maximum atomic E-state index is 12.8. The van der Waals surface area contributed by atoms with Gasteiger partial charge in [-0.25, -0.2) is 9.36 Å². The summed E-state index contributed by atoms with van der Waals surface area (Å²) in [6, 6.07) is 10.7. The molecular formula is C17H14BrN3O5. The number of imidazole rings is 1. The van der Waals surface area contributed by atoms with Crippen LogP contribution in [0.5, 0.6) is 11.6 Å². The monoisotopic (exact) mass is 419 g/mol. The second-order valence-corrected chi connectivity index (χ2v) is 6.12. The van der Waals surface area contributed by atoms with E-state index >= 15 is 0 Å². The summed E-state index contributed by atoms with van der Waals surface area (Å²) in [7, 11) is 0. The summed E-state index contributed by atoms with van der Waals surface area (Å²) in [6.45, 7) is 2.33. The minimum atomic E-state index is -0.632. The number of para-hydroxylation sites is 2. The average Bonchev–Trinajstić information content (AvgIpc) is 2.91. The molecule has 0 bridgehead atoms. The number of hydrogen-bond acceptors (Lipinski definition) is 5. The molecule has 1 N–H and O–H groups in total.